The Hall–Kier alpha value is -1.88. The van der Waals surface area contributed by atoms with Crippen LogP contribution in [0.1, 0.15) is 28.0 Å². The predicted molar refractivity (Wildman–Crippen MR) is 71.4 cm³/mol. The van der Waals surface area contributed by atoms with Crippen molar-refractivity contribution in [3.05, 3.63) is 50.8 Å². The van der Waals surface area contributed by atoms with Crippen molar-refractivity contribution in [1.82, 2.24) is 4.98 Å². The van der Waals surface area contributed by atoms with Gasteiger partial charge in [0, 0.05) is 17.5 Å². The van der Waals surface area contributed by atoms with Crippen LogP contribution in [0.5, 0.6) is 0 Å². The number of carbonyl (C=O) groups is 1. The molecule has 0 fully saturated rings. The number of hydrogen-bond acceptors (Lipinski definition) is 3. The minimum atomic E-state index is -0.339. The summed E-state index contributed by atoms with van der Waals surface area (Å²) in [6.45, 7) is 0. The van der Waals surface area contributed by atoms with Gasteiger partial charge in [-0.25, -0.2) is 0 Å². The van der Waals surface area contributed by atoms with E-state index in [2.05, 4.69) is 10.3 Å². The van der Waals surface area contributed by atoms with Crippen LogP contribution < -0.4 is 10.7 Å². The quantitative estimate of drug-likeness (QED) is 0.869. The van der Waals surface area contributed by atoms with Crippen molar-refractivity contribution in [2.45, 2.75) is 19.3 Å². The monoisotopic (exact) mass is 260 g/mol. The minimum Gasteiger partial charge on any atom is -0.364 e. The highest BCUT2D eigenvalue weighted by atomic mass is 32.1. The summed E-state index contributed by atoms with van der Waals surface area (Å²) in [5.41, 5.74) is 1.82. The molecule has 2 aromatic rings. The molecule has 0 spiro atoms. The van der Waals surface area contributed by atoms with Crippen LogP contribution >= 0.6 is 11.3 Å². The fourth-order valence-corrected chi connectivity index (χ4v) is 2.85. The third kappa shape index (κ3) is 1.86. The number of pyridine rings is 1. The molecule has 0 unspecified atom stereocenters. The molecular weight excluding hydrogens is 248 g/mol. The molecule has 0 saturated heterocycles. The molecule has 0 aliphatic heterocycles. The summed E-state index contributed by atoms with van der Waals surface area (Å²) in [6, 6.07) is 3.66. The van der Waals surface area contributed by atoms with Gasteiger partial charge in [-0.2, -0.15) is 0 Å². The van der Waals surface area contributed by atoms with Gasteiger partial charge in [-0.05, 0) is 36.8 Å². The highest BCUT2D eigenvalue weighted by molar-refractivity contribution is 7.14. The van der Waals surface area contributed by atoms with E-state index in [0.717, 1.165) is 35.5 Å². The Bertz CT molecular complexity index is 644. The van der Waals surface area contributed by atoms with Gasteiger partial charge in [-0.3, -0.25) is 9.59 Å². The van der Waals surface area contributed by atoms with Gasteiger partial charge in [0.15, 0.2) is 5.43 Å². The predicted octanol–water partition coefficient (Wildman–Crippen LogP) is 2.18. The van der Waals surface area contributed by atoms with Gasteiger partial charge in [0.1, 0.15) is 5.56 Å². The van der Waals surface area contributed by atoms with E-state index in [-0.39, 0.29) is 16.9 Å². The van der Waals surface area contributed by atoms with Crippen LogP contribution in [0, 0.1) is 0 Å². The Balaban J connectivity index is 1.93. The first-order valence-corrected chi connectivity index (χ1v) is 6.72. The molecule has 2 heterocycles. The number of aryl methyl sites for hydroxylation is 1. The SMILES string of the molecule is O=C(Nc1cccs1)c1c[nH]c2c(c1=O)CCC2. The van der Waals surface area contributed by atoms with E-state index in [1.807, 2.05) is 17.5 Å². The second kappa shape index (κ2) is 4.42. The first-order valence-electron chi connectivity index (χ1n) is 5.84. The molecule has 3 rings (SSSR count). The number of hydrogen-bond donors (Lipinski definition) is 2. The standard InChI is InChI=1S/C13H12N2O2S/c16-12-8-3-1-4-10(8)14-7-9(12)13(17)15-11-5-2-6-18-11/h2,5-7H,1,3-4H2,(H,14,16)(H,15,17). The maximum atomic E-state index is 12.2. The second-order valence-electron chi connectivity index (χ2n) is 4.27. The Kier molecular flexibility index (Phi) is 2.76. The number of anilines is 1. The minimum absolute atomic E-state index is 0.129. The maximum Gasteiger partial charge on any atom is 0.261 e. The molecule has 18 heavy (non-hydrogen) atoms. The molecule has 0 atom stereocenters. The number of aromatic amines is 1. The zero-order valence-electron chi connectivity index (χ0n) is 9.66. The number of nitrogens with one attached hydrogen (secondary N) is 2. The Morgan fingerprint density at radius 1 is 1.39 bits per heavy atom. The van der Waals surface area contributed by atoms with E-state index >= 15 is 0 Å². The molecule has 0 saturated carbocycles. The van der Waals surface area contributed by atoms with E-state index in [1.165, 1.54) is 17.5 Å². The van der Waals surface area contributed by atoms with Crippen molar-refractivity contribution in [1.29, 1.82) is 0 Å². The van der Waals surface area contributed by atoms with Gasteiger partial charge in [-0.1, -0.05) is 0 Å². The van der Waals surface area contributed by atoms with Gasteiger partial charge in [0.2, 0.25) is 0 Å². The smallest absolute Gasteiger partial charge is 0.261 e. The van der Waals surface area contributed by atoms with Crippen molar-refractivity contribution in [2.75, 3.05) is 5.32 Å². The molecule has 1 aliphatic carbocycles. The maximum absolute atomic E-state index is 12.2. The molecule has 0 radical (unpaired) electrons. The molecular formula is C13H12N2O2S. The topological polar surface area (TPSA) is 62.0 Å². The molecule has 4 nitrogen and oxygen atoms in total. The van der Waals surface area contributed by atoms with Crippen molar-refractivity contribution in [3.63, 3.8) is 0 Å². The summed E-state index contributed by atoms with van der Waals surface area (Å²) in [5.74, 6) is -0.339. The van der Waals surface area contributed by atoms with Crippen molar-refractivity contribution in [3.8, 4) is 0 Å². The highest BCUT2D eigenvalue weighted by Crippen LogP contribution is 2.18. The van der Waals surface area contributed by atoms with Crippen LogP contribution in [0.3, 0.4) is 0 Å². The Labute approximate surface area is 108 Å². The lowest BCUT2D eigenvalue weighted by molar-refractivity contribution is 0.102. The van der Waals surface area contributed by atoms with Crippen LogP contribution in [0.4, 0.5) is 5.00 Å². The summed E-state index contributed by atoms with van der Waals surface area (Å²) in [5, 5.41) is 5.36. The summed E-state index contributed by atoms with van der Waals surface area (Å²) >= 11 is 1.43. The van der Waals surface area contributed by atoms with Gasteiger partial charge in [0.05, 0.1) is 5.00 Å². The second-order valence-corrected chi connectivity index (χ2v) is 5.22. The van der Waals surface area contributed by atoms with Gasteiger partial charge in [-0.15, -0.1) is 11.3 Å². The molecule has 2 N–H and O–H groups in total. The number of amides is 1. The fourth-order valence-electron chi connectivity index (χ4n) is 2.24. The van der Waals surface area contributed by atoms with Crippen LogP contribution in [0.25, 0.3) is 0 Å². The van der Waals surface area contributed by atoms with E-state index < -0.39 is 0 Å². The summed E-state index contributed by atoms with van der Waals surface area (Å²) in [4.78, 5) is 27.2. The lowest BCUT2D eigenvalue weighted by Crippen LogP contribution is -2.24. The van der Waals surface area contributed by atoms with Crippen LogP contribution in [-0.4, -0.2) is 10.9 Å². The fraction of sp³-hybridized carbons (Fsp3) is 0.231. The normalized spacial score (nSPS) is 13.3. The van der Waals surface area contributed by atoms with Gasteiger partial charge in [0.25, 0.3) is 5.91 Å². The Morgan fingerprint density at radius 2 is 2.28 bits per heavy atom. The van der Waals surface area contributed by atoms with Gasteiger partial charge >= 0.3 is 0 Å². The number of fused-ring (bicyclic) bond motifs is 1. The zero-order valence-corrected chi connectivity index (χ0v) is 10.5. The molecule has 5 heteroatoms. The number of thiophene rings is 1. The summed E-state index contributed by atoms with van der Waals surface area (Å²) in [7, 11) is 0. The van der Waals surface area contributed by atoms with Crippen LogP contribution in [0.2, 0.25) is 0 Å². The molecule has 2 aromatic heterocycles. The Morgan fingerprint density at radius 3 is 3.06 bits per heavy atom. The van der Waals surface area contributed by atoms with E-state index in [0.29, 0.717) is 0 Å². The molecule has 1 aliphatic rings. The van der Waals surface area contributed by atoms with Crippen molar-refractivity contribution < 1.29 is 4.79 Å². The third-order valence-corrected chi connectivity index (χ3v) is 3.92. The van der Waals surface area contributed by atoms with Crippen LogP contribution in [0.15, 0.2) is 28.5 Å². The molecule has 0 aromatic carbocycles. The highest BCUT2D eigenvalue weighted by Gasteiger charge is 2.20. The number of H-pyrrole nitrogens is 1. The summed E-state index contributed by atoms with van der Waals surface area (Å²) in [6.07, 6.45) is 4.18. The first kappa shape index (κ1) is 11.2. The first-order chi connectivity index (χ1) is 8.75. The van der Waals surface area contributed by atoms with E-state index in [1.54, 1.807) is 0 Å². The molecule has 92 valence electrons. The van der Waals surface area contributed by atoms with Crippen LogP contribution in [-0.2, 0) is 12.8 Å². The molecule has 1 amide bonds. The number of carbonyl (C=O) groups excluding carboxylic acids is 1. The average molecular weight is 260 g/mol. The van der Waals surface area contributed by atoms with Crippen molar-refractivity contribution in [2.24, 2.45) is 0 Å². The van der Waals surface area contributed by atoms with E-state index in [9.17, 15) is 9.59 Å². The van der Waals surface area contributed by atoms with E-state index in [4.69, 9.17) is 0 Å². The third-order valence-electron chi connectivity index (χ3n) is 3.13. The lowest BCUT2D eigenvalue weighted by atomic mass is 10.1. The van der Waals surface area contributed by atoms with Crippen molar-refractivity contribution >= 4 is 22.2 Å². The summed E-state index contributed by atoms with van der Waals surface area (Å²) < 4.78 is 0. The average Bonchev–Trinajstić information content (AvgIpc) is 2.99. The number of aromatic nitrogens is 1. The largest absolute Gasteiger partial charge is 0.364 e. The lowest BCUT2D eigenvalue weighted by Gasteiger charge is -2.04. The zero-order chi connectivity index (χ0) is 12.5. The van der Waals surface area contributed by atoms with Gasteiger partial charge < -0.3 is 10.3 Å². The molecule has 0 bridgehead atoms. The number of rotatable bonds is 2.